The Morgan fingerprint density at radius 3 is 2.62 bits per heavy atom. The van der Waals surface area contributed by atoms with E-state index >= 15 is 0 Å². The topological polar surface area (TPSA) is 44.9 Å². The van der Waals surface area contributed by atoms with Gasteiger partial charge in [0.2, 0.25) is 0 Å². The summed E-state index contributed by atoms with van der Waals surface area (Å²) < 4.78 is 41.9. The summed E-state index contributed by atoms with van der Waals surface area (Å²) in [5, 5.41) is 8.97. The number of alkyl halides is 3. The molecule has 148 valence electrons. The van der Waals surface area contributed by atoms with Crippen molar-refractivity contribution in [3.05, 3.63) is 82.9 Å². The lowest BCUT2D eigenvalue weighted by Gasteiger charge is -2.29. The third-order valence-electron chi connectivity index (χ3n) is 5.27. The standard InChI is InChI=1S/C22H19F3N4/c23-22(24,25)19-12-18(7-6-17(19)13-26)28-11-9-21-20(14-28)27-15-29(21)10-8-16-4-2-1-3-5-16/h1-7,12,15H,8-11,14H2. The van der Waals surface area contributed by atoms with Gasteiger partial charge in [0.15, 0.2) is 0 Å². The minimum Gasteiger partial charge on any atom is -0.365 e. The van der Waals surface area contributed by atoms with Crippen molar-refractivity contribution in [1.82, 2.24) is 9.55 Å². The van der Waals surface area contributed by atoms with Gasteiger partial charge in [-0.15, -0.1) is 0 Å². The second kappa shape index (κ2) is 7.63. The number of halogens is 3. The third-order valence-corrected chi connectivity index (χ3v) is 5.27. The maximum Gasteiger partial charge on any atom is 0.417 e. The molecule has 1 aromatic heterocycles. The molecule has 0 aliphatic carbocycles. The van der Waals surface area contributed by atoms with Gasteiger partial charge in [-0.05, 0) is 30.2 Å². The molecule has 1 aliphatic rings. The molecule has 2 heterocycles. The van der Waals surface area contributed by atoms with Gasteiger partial charge >= 0.3 is 6.18 Å². The van der Waals surface area contributed by atoms with Crippen molar-refractivity contribution in [3.8, 4) is 6.07 Å². The van der Waals surface area contributed by atoms with E-state index in [-0.39, 0.29) is 5.56 Å². The molecular weight excluding hydrogens is 377 g/mol. The van der Waals surface area contributed by atoms with Crippen LogP contribution in [0.5, 0.6) is 0 Å². The normalized spacial score (nSPS) is 13.8. The summed E-state index contributed by atoms with van der Waals surface area (Å²) in [5.41, 5.74) is 2.50. The van der Waals surface area contributed by atoms with Gasteiger partial charge in [-0.2, -0.15) is 18.4 Å². The molecule has 0 radical (unpaired) electrons. The zero-order valence-corrected chi connectivity index (χ0v) is 15.7. The van der Waals surface area contributed by atoms with Crippen LogP contribution in [0.2, 0.25) is 0 Å². The number of aromatic nitrogens is 2. The number of anilines is 1. The number of imidazole rings is 1. The average Bonchev–Trinajstić information content (AvgIpc) is 3.14. The highest BCUT2D eigenvalue weighted by Gasteiger charge is 2.34. The van der Waals surface area contributed by atoms with Crippen molar-refractivity contribution in [2.45, 2.75) is 32.1 Å². The zero-order valence-electron chi connectivity index (χ0n) is 15.7. The predicted octanol–water partition coefficient (Wildman–Crippen LogP) is 4.58. The van der Waals surface area contributed by atoms with Gasteiger partial charge in [0.1, 0.15) is 0 Å². The minimum atomic E-state index is -4.55. The van der Waals surface area contributed by atoms with Gasteiger partial charge in [-0.3, -0.25) is 0 Å². The van der Waals surface area contributed by atoms with E-state index in [0.29, 0.717) is 25.2 Å². The van der Waals surface area contributed by atoms with Crippen molar-refractivity contribution < 1.29 is 13.2 Å². The number of nitriles is 1. The highest BCUT2D eigenvalue weighted by atomic mass is 19.4. The van der Waals surface area contributed by atoms with E-state index in [2.05, 4.69) is 21.7 Å². The summed E-state index contributed by atoms with van der Waals surface area (Å²) in [6, 6.07) is 15.7. The Kier molecular flexibility index (Phi) is 5.01. The van der Waals surface area contributed by atoms with Crippen LogP contribution < -0.4 is 4.90 Å². The van der Waals surface area contributed by atoms with Gasteiger partial charge in [0, 0.05) is 30.9 Å². The van der Waals surface area contributed by atoms with Crippen LogP contribution in [-0.4, -0.2) is 16.1 Å². The van der Waals surface area contributed by atoms with E-state index in [9.17, 15) is 13.2 Å². The molecule has 2 aromatic carbocycles. The van der Waals surface area contributed by atoms with E-state index in [0.717, 1.165) is 30.4 Å². The minimum absolute atomic E-state index is 0.357. The Morgan fingerprint density at radius 1 is 1.10 bits per heavy atom. The summed E-state index contributed by atoms with van der Waals surface area (Å²) in [7, 11) is 0. The number of nitrogens with zero attached hydrogens (tertiary/aromatic N) is 4. The van der Waals surface area contributed by atoms with E-state index in [1.807, 2.05) is 29.4 Å². The quantitative estimate of drug-likeness (QED) is 0.649. The SMILES string of the molecule is N#Cc1ccc(N2CCc3c(ncn3CCc3ccccc3)C2)cc1C(F)(F)F. The lowest BCUT2D eigenvalue weighted by molar-refractivity contribution is -0.137. The molecule has 0 saturated heterocycles. The van der Waals surface area contributed by atoms with Gasteiger partial charge < -0.3 is 9.47 Å². The molecule has 0 amide bonds. The van der Waals surface area contributed by atoms with Crippen LogP contribution in [0.1, 0.15) is 28.1 Å². The van der Waals surface area contributed by atoms with Crippen molar-refractivity contribution in [2.75, 3.05) is 11.4 Å². The van der Waals surface area contributed by atoms with Gasteiger partial charge in [-0.25, -0.2) is 4.98 Å². The number of rotatable bonds is 4. The molecule has 4 rings (SSSR count). The van der Waals surface area contributed by atoms with Gasteiger partial charge in [0.05, 0.1) is 35.8 Å². The smallest absolute Gasteiger partial charge is 0.365 e. The molecule has 3 aromatic rings. The van der Waals surface area contributed by atoms with Crippen LogP contribution in [0.3, 0.4) is 0 Å². The number of fused-ring (bicyclic) bond motifs is 1. The molecular formula is C22H19F3N4. The summed E-state index contributed by atoms with van der Waals surface area (Å²) >= 11 is 0. The van der Waals surface area contributed by atoms with Crippen molar-refractivity contribution in [3.63, 3.8) is 0 Å². The molecule has 4 nitrogen and oxygen atoms in total. The van der Waals surface area contributed by atoms with E-state index in [1.54, 1.807) is 12.1 Å². The van der Waals surface area contributed by atoms with E-state index in [4.69, 9.17) is 5.26 Å². The first-order chi connectivity index (χ1) is 14.0. The second-order valence-electron chi connectivity index (χ2n) is 7.08. The summed E-state index contributed by atoms with van der Waals surface area (Å²) in [6.45, 7) is 1.88. The number of hydrogen-bond acceptors (Lipinski definition) is 3. The lowest BCUT2D eigenvalue weighted by atomic mass is 10.0. The molecule has 7 heteroatoms. The Morgan fingerprint density at radius 2 is 1.90 bits per heavy atom. The summed E-state index contributed by atoms with van der Waals surface area (Å²) in [4.78, 5) is 6.38. The highest BCUT2D eigenvalue weighted by molar-refractivity contribution is 5.55. The first-order valence-corrected chi connectivity index (χ1v) is 9.39. The maximum absolute atomic E-state index is 13.3. The Balaban J connectivity index is 1.51. The van der Waals surface area contributed by atoms with Crippen LogP contribution in [0.15, 0.2) is 54.9 Å². The molecule has 1 aliphatic heterocycles. The van der Waals surface area contributed by atoms with Gasteiger partial charge in [-0.1, -0.05) is 30.3 Å². The number of hydrogen-bond donors (Lipinski definition) is 0. The molecule has 0 spiro atoms. The zero-order chi connectivity index (χ0) is 20.4. The van der Waals surface area contributed by atoms with Crippen molar-refractivity contribution in [1.29, 1.82) is 5.26 Å². The van der Waals surface area contributed by atoms with Crippen LogP contribution in [-0.2, 0) is 32.1 Å². The molecule has 0 saturated carbocycles. The summed E-state index contributed by atoms with van der Waals surface area (Å²) in [5.74, 6) is 0. The largest absolute Gasteiger partial charge is 0.417 e. The Bertz CT molecular complexity index is 1050. The fraction of sp³-hybridized carbons (Fsp3) is 0.273. The lowest BCUT2D eigenvalue weighted by Crippen LogP contribution is -2.31. The van der Waals surface area contributed by atoms with E-state index in [1.165, 1.54) is 11.6 Å². The van der Waals surface area contributed by atoms with Crippen LogP contribution in [0, 0.1) is 11.3 Å². The molecule has 29 heavy (non-hydrogen) atoms. The molecule has 0 N–H and O–H groups in total. The number of aryl methyl sites for hydroxylation is 2. The van der Waals surface area contributed by atoms with Crippen LogP contribution in [0.4, 0.5) is 18.9 Å². The third kappa shape index (κ3) is 3.97. The summed E-state index contributed by atoms with van der Waals surface area (Å²) in [6.07, 6.45) is -1.12. The fourth-order valence-corrected chi connectivity index (χ4v) is 3.74. The Labute approximate surface area is 166 Å². The van der Waals surface area contributed by atoms with Crippen LogP contribution >= 0.6 is 0 Å². The first kappa shape index (κ1) is 19.1. The molecule has 0 unspecified atom stereocenters. The predicted molar refractivity (Wildman–Crippen MR) is 103 cm³/mol. The Hall–Kier alpha value is -3.27. The van der Waals surface area contributed by atoms with E-state index < -0.39 is 11.7 Å². The fourth-order valence-electron chi connectivity index (χ4n) is 3.74. The highest BCUT2D eigenvalue weighted by Crippen LogP contribution is 2.35. The van der Waals surface area contributed by atoms with Gasteiger partial charge in [0.25, 0.3) is 0 Å². The second-order valence-corrected chi connectivity index (χ2v) is 7.08. The molecule has 0 bridgehead atoms. The van der Waals surface area contributed by atoms with Crippen molar-refractivity contribution >= 4 is 5.69 Å². The number of benzene rings is 2. The van der Waals surface area contributed by atoms with Crippen LogP contribution in [0.25, 0.3) is 0 Å². The average molecular weight is 396 g/mol. The van der Waals surface area contributed by atoms with Crippen molar-refractivity contribution in [2.24, 2.45) is 0 Å². The monoisotopic (exact) mass is 396 g/mol. The first-order valence-electron chi connectivity index (χ1n) is 9.39. The molecule has 0 fully saturated rings. The molecule has 0 atom stereocenters. The maximum atomic E-state index is 13.3.